The molecule has 4 nitrogen and oxygen atoms in total. The van der Waals surface area contributed by atoms with Crippen LogP contribution < -0.4 is 15.2 Å². The van der Waals surface area contributed by atoms with E-state index in [2.05, 4.69) is 4.98 Å². The summed E-state index contributed by atoms with van der Waals surface area (Å²) < 4.78 is 10.5. The number of hydrogen-bond acceptors (Lipinski definition) is 4. The van der Waals surface area contributed by atoms with Crippen LogP contribution in [-0.4, -0.2) is 17.7 Å². The standard InChI is InChI=1S/C10H16N2O2/c1-10(2,3)14-8-6-5-7(11)9(12-8)13-4/h5-6H,11H2,1-4H3. The molecule has 0 spiro atoms. The highest BCUT2D eigenvalue weighted by molar-refractivity contribution is 5.49. The van der Waals surface area contributed by atoms with E-state index in [-0.39, 0.29) is 5.60 Å². The van der Waals surface area contributed by atoms with Crippen molar-refractivity contribution >= 4 is 5.69 Å². The Kier molecular flexibility index (Phi) is 2.84. The van der Waals surface area contributed by atoms with E-state index in [0.29, 0.717) is 17.4 Å². The molecule has 2 N–H and O–H groups in total. The van der Waals surface area contributed by atoms with E-state index >= 15 is 0 Å². The Morgan fingerprint density at radius 1 is 1.29 bits per heavy atom. The average molecular weight is 196 g/mol. The van der Waals surface area contributed by atoms with Gasteiger partial charge in [-0.25, -0.2) is 0 Å². The summed E-state index contributed by atoms with van der Waals surface area (Å²) >= 11 is 0. The molecule has 0 fully saturated rings. The Morgan fingerprint density at radius 2 is 1.93 bits per heavy atom. The van der Waals surface area contributed by atoms with E-state index in [0.717, 1.165) is 0 Å². The smallest absolute Gasteiger partial charge is 0.240 e. The van der Waals surface area contributed by atoms with Crippen LogP contribution in [0.3, 0.4) is 0 Å². The Labute approximate surface area is 84.0 Å². The second kappa shape index (κ2) is 3.74. The molecule has 1 aromatic rings. The largest absolute Gasteiger partial charge is 0.479 e. The molecule has 78 valence electrons. The van der Waals surface area contributed by atoms with Crippen molar-refractivity contribution < 1.29 is 9.47 Å². The molecule has 0 bridgehead atoms. The third-order valence-electron chi connectivity index (χ3n) is 1.47. The fraction of sp³-hybridized carbons (Fsp3) is 0.500. The first kappa shape index (κ1) is 10.6. The predicted molar refractivity (Wildman–Crippen MR) is 55.6 cm³/mol. The maximum absolute atomic E-state index is 5.62. The van der Waals surface area contributed by atoms with E-state index in [1.165, 1.54) is 7.11 Å². The number of nitrogens with zero attached hydrogens (tertiary/aromatic N) is 1. The molecule has 0 atom stereocenters. The van der Waals surface area contributed by atoms with Crippen molar-refractivity contribution in [1.82, 2.24) is 4.98 Å². The van der Waals surface area contributed by atoms with Gasteiger partial charge >= 0.3 is 0 Å². The third-order valence-corrected chi connectivity index (χ3v) is 1.47. The third kappa shape index (κ3) is 2.80. The van der Waals surface area contributed by atoms with Crippen LogP contribution in [0.1, 0.15) is 20.8 Å². The molecular formula is C10H16N2O2. The fourth-order valence-corrected chi connectivity index (χ4v) is 0.968. The number of pyridine rings is 1. The minimum atomic E-state index is -0.270. The number of hydrogen-bond donors (Lipinski definition) is 1. The number of methoxy groups -OCH3 is 1. The molecular weight excluding hydrogens is 180 g/mol. The Bertz CT molecular complexity index is 318. The van der Waals surface area contributed by atoms with Crippen LogP contribution >= 0.6 is 0 Å². The molecule has 0 saturated heterocycles. The van der Waals surface area contributed by atoms with Crippen LogP contribution in [0.25, 0.3) is 0 Å². The highest BCUT2D eigenvalue weighted by atomic mass is 16.5. The molecule has 14 heavy (non-hydrogen) atoms. The van der Waals surface area contributed by atoms with Crippen LogP contribution in [0.2, 0.25) is 0 Å². The molecule has 0 aliphatic rings. The molecule has 1 heterocycles. The zero-order valence-corrected chi connectivity index (χ0v) is 9.00. The van der Waals surface area contributed by atoms with Gasteiger partial charge in [0.2, 0.25) is 11.8 Å². The summed E-state index contributed by atoms with van der Waals surface area (Å²) in [6.07, 6.45) is 0. The summed E-state index contributed by atoms with van der Waals surface area (Å²) in [5.74, 6) is 0.912. The molecule has 0 aliphatic carbocycles. The van der Waals surface area contributed by atoms with Gasteiger partial charge in [-0.1, -0.05) is 0 Å². The summed E-state index contributed by atoms with van der Waals surface area (Å²) in [6, 6.07) is 3.44. The SMILES string of the molecule is COc1nc(OC(C)(C)C)ccc1N. The molecule has 0 radical (unpaired) electrons. The zero-order valence-electron chi connectivity index (χ0n) is 9.00. The Balaban J connectivity index is 2.90. The first-order valence-corrected chi connectivity index (χ1v) is 4.42. The van der Waals surface area contributed by atoms with Crippen LogP contribution in [0.15, 0.2) is 12.1 Å². The predicted octanol–water partition coefficient (Wildman–Crippen LogP) is 1.85. The molecule has 0 amide bonds. The van der Waals surface area contributed by atoms with Crippen molar-refractivity contribution in [2.75, 3.05) is 12.8 Å². The summed E-state index contributed by atoms with van der Waals surface area (Å²) in [4.78, 5) is 4.11. The number of aromatic nitrogens is 1. The van der Waals surface area contributed by atoms with Crippen molar-refractivity contribution in [1.29, 1.82) is 0 Å². The topological polar surface area (TPSA) is 57.4 Å². The summed E-state index contributed by atoms with van der Waals surface area (Å²) in [6.45, 7) is 5.87. The first-order chi connectivity index (χ1) is 6.42. The molecule has 1 rings (SSSR count). The molecule has 0 aliphatic heterocycles. The van der Waals surface area contributed by atoms with Crippen LogP contribution in [0.5, 0.6) is 11.8 Å². The molecule has 0 unspecified atom stereocenters. The minimum absolute atomic E-state index is 0.270. The minimum Gasteiger partial charge on any atom is -0.479 e. The van der Waals surface area contributed by atoms with Crippen molar-refractivity contribution in [3.63, 3.8) is 0 Å². The summed E-state index contributed by atoms with van der Waals surface area (Å²) in [7, 11) is 1.53. The Morgan fingerprint density at radius 3 is 2.43 bits per heavy atom. The van der Waals surface area contributed by atoms with Crippen molar-refractivity contribution in [2.24, 2.45) is 0 Å². The lowest BCUT2D eigenvalue weighted by atomic mass is 10.2. The lowest BCUT2D eigenvalue weighted by Gasteiger charge is -2.20. The number of nitrogen functional groups attached to an aromatic ring is 1. The van der Waals surface area contributed by atoms with Crippen molar-refractivity contribution in [3.8, 4) is 11.8 Å². The van der Waals surface area contributed by atoms with Crippen LogP contribution in [-0.2, 0) is 0 Å². The van der Waals surface area contributed by atoms with E-state index in [1.807, 2.05) is 20.8 Å². The molecule has 0 aromatic carbocycles. The number of anilines is 1. The van der Waals surface area contributed by atoms with Gasteiger partial charge in [0.15, 0.2) is 0 Å². The van der Waals surface area contributed by atoms with Crippen molar-refractivity contribution in [2.45, 2.75) is 26.4 Å². The monoisotopic (exact) mass is 196 g/mol. The van der Waals surface area contributed by atoms with Gasteiger partial charge in [0, 0.05) is 6.07 Å². The van der Waals surface area contributed by atoms with Gasteiger partial charge < -0.3 is 15.2 Å². The quantitative estimate of drug-likeness (QED) is 0.784. The zero-order chi connectivity index (χ0) is 10.8. The summed E-state index contributed by atoms with van der Waals surface area (Å²) in [5.41, 5.74) is 5.86. The average Bonchev–Trinajstić information content (AvgIpc) is 2.06. The van der Waals surface area contributed by atoms with E-state index < -0.39 is 0 Å². The maximum Gasteiger partial charge on any atom is 0.240 e. The normalized spacial score (nSPS) is 11.1. The van der Waals surface area contributed by atoms with Gasteiger partial charge in [0.1, 0.15) is 5.60 Å². The second-order valence-electron chi connectivity index (χ2n) is 3.96. The lowest BCUT2D eigenvalue weighted by molar-refractivity contribution is 0.123. The van der Waals surface area contributed by atoms with Gasteiger partial charge in [-0.3, -0.25) is 0 Å². The van der Waals surface area contributed by atoms with Gasteiger partial charge in [0.05, 0.1) is 12.8 Å². The number of rotatable bonds is 2. The summed E-state index contributed by atoms with van der Waals surface area (Å²) in [5, 5.41) is 0. The van der Waals surface area contributed by atoms with E-state index in [4.69, 9.17) is 15.2 Å². The van der Waals surface area contributed by atoms with Gasteiger partial charge in [-0.2, -0.15) is 4.98 Å². The van der Waals surface area contributed by atoms with E-state index in [1.54, 1.807) is 12.1 Å². The maximum atomic E-state index is 5.62. The highest BCUT2D eigenvalue weighted by Crippen LogP contribution is 2.23. The lowest BCUT2D eigenvalue weighted by Crippen LogP contribution is -2.23. The second-order valence-corrected chi connectivity index (χ2v) is 3.96. The Hall–Kier alpha value is -1.45. The van der Waals surface area contributed by atoms with E-state index in [9.17, 15) is 0 Å². The molecule has 1 aromatic heterocycles. The van der Waals surface area contributed by atoms with Crippen molar-refractivity contribution in [3.05, 3.63) is 12.1 Å². The fourth-order valence-electron chi connectivity index (χ4n) is 0.968. The van der Waals surface area contributed by atoms with Gasteiger partial charge in [0.25, 0.3) is 0 Å². The molecule has 4 heteroatoms. The van der Waals surface area contributed by atoms with Crippen LogP contribution in [0.4, 0.5) is 5.69 Å². The number of ether oxygens (including phenoxy) is 2. The number of nitrogens with two attached hydrogens (primary N) is 1. The van der Waals surface area contributed by atoms with Crippen LogP contribution in [0, 0.1) is 0 Å². The van der Waals surface area contributed by atoms with Gasteiger partial charge in [-0.15, -0.1) is 0 Å². The molecule has 0 saturated carbocycles. The first-order valence-electron chi connectivity index (χ1n) is 4.42. The van der Waals surface area contributed by atoms with Gasteiger partial charge in [-0.05, 0) is 26.8 Å². The highest BCUT2D eigenvalue weighted by Gasteiger charge is 2.13.